The number of rotatable bonds is 5. The Morgan fingerprint density at radius 1 is 1.44 bits per heavy atom. The van der Waals surface area contributed by atoms with E-state index in [0.717, 1.165) is 5.76 Å². The molecule has 18 heavy (non-hydrogen) atoms. The number of carbonyl (C=O) groups is 2. The summed E-state index contributed by atoms with van der Waals surface area (Å²) in [7, 11) is 0. The van der Waals surface area contributed by atoms with Crippen molar-refractivity contribution in [3.63, 3.8) is 0 Å². The number of amides is 1. The summed E-state index contributed by atoms with van der Waals surface area (Å²) in [4.78, 5) is 22.9. The van der Waals surface area contributed by atoms with Crippen LogP contribution in [0.2, 0.25) is 0 Å². The van der Waals surface area contributed by atoms with Crippen LogP contribution in [0.4, 0.5) is 0 Å². The van der Waals surface area contributed by atoms with Crippen molar-refractivity contribution in [2.24, 2.45) is 11.3 Å². The van der Waals surface area contributed by atoms with E-state index in [-0.39, 0.29) is 0 Å². The zero-order valence-electron chi connectivity index (χ0n) is 10.9. The summed E-state index contributed by atoms with van der Waals surface area (Å²) in [5.41, 5.74) is -0.611. The van der Waals surface area contributed by atoms with Crippen molar-refractivity contribution in [1.82, 2.24) is 5.32 Å². The molecule has 1 heterocycles. The molecule has 1 atom stereocenters. The predicted octanol–water partition coefficient (Wildman–Crippen LogP) is 1.69. The van der Waals surface area contributed by atoms with Gasteiger partial charge in [-0.15, -0.1) is 0 Å². The van der Waals surface area contributed by atoms with E-state index in [1.54, 1.807) is 33.1 Å². The molecule has 0 aliphatic rings. The number of carboxylic acids is 1. The molecule has 100 valence electrons. The highest BCUT2D eigenvalue weighted by Crippen LogP contribution is 2.26. The summed E-state index contributed by atoms with van der Waals surface area (Å²) in [5.74, 6) is -1.84. The Kier molecular flexibility index (Phi) is 4.53. The molecule has 0 aliphatic carbocycles. The van der Waals surface area contributed by atoms with Gasteiger partial charge in [0, 0.05) is 13.0 Å². The SMILES string of the molecule is CC(C)(C)C(C(=O)O)C(=O)NCCc1ccco1. The number of aliphatic carboxylic acids is 1. The molecular formula is C13H19NO4. The molecule has 1 rings (SSSR count). The van der Waals surface area contributed by atoms with E-state index in [9.17, 15) is 9.59 Å². The zero-order chi connectivity index (χ0) is 13.8. The lowest BCUT2D eigenvalue weighted by atomic mass is 9.80. The molecule has 1 aromatic rings. The van der Waals surface area contributed by atoms with E-state index in [2.05, 4.69) is 5.32 Å². The van der Waals surface area contributed by atoms with Gasteiger partial charge in [-0.25, -0.2) is 0 Å². The van der Waals surface area contributed by atoms with Gasteiger partial charge in [0.1, 0.15) is 11.7 Å². The van der Waals surface area contributed by atoms with Crippen LogP contribution in [0, 0.1) is 11.3 Å². The monoisotopic (exact) mass is 253 g/mol. The Hall–Kier alpha value is -1.78. The zero-order valence-corrected chi connectivity index (χ0v) is 10.9. The third-order valence-corrected chi connectivity index (χ3v) is 2.63. The third-order valence-electron chi connectivity index (χ3n) is 2.63. The fraction of sp³-hybridized carbons (Fsp3) is 0.538. The van der Waals surface area contributed by atoms with Crippen molar-refractivity contribution in [1.29, 1.82) is 0 Å². The lowest BCUT2D eigenvalue weighted by molar-refractivity contribution is -0.151. The number of hydrogen-bond acceptors (Lipinski definition) is 3. The second kappa shape index (κ2) is 5.71. The lowest BCUT2D eigenvalue weighted by Crippen LogP contribution is -2.43. The molecule has 0 radical (unpaired) electrons. The van der Waals surface area contributed by atoms with Crippen LogP contribution in [-0.2, 0) is 16.0 Å². The maximum absolute atomic E-state index is 11.8. The van der Waals surface area contributed by atoms with Crippen molar-refractivity contribution < 1.29 is 19.1 Å². The highest BCUT2D eigenvalue weighted by molar-refractivity contribution is 5.97. The summed E-state index contributed by atoms with van der Waals surface area (Å²) < 4.78 is 5.12. The number of carboxylic acid groups (broad SMARTS) is 1. The molecule has 2 N–H and O–H groups in total. The maximum Gasteiger partial charge on any atom is 0.316 e. The van der Waals surface area contributed by atoms with Gasteiger partial charge in [0.15, 0.2) is 0 Å². The Morgan fingerprint density at radius 2 is 2.11 bits per heavy atom. The van der Waals surface area contributed by atoms with Crippen molar-refractivity contribution in [2.45, 2.75) is 27.2 Å². The number of nitrogens with one attached hydrogen (secondary N) is 1. The molecule has 5 nitrogen and oxygen atoms in total. The van der Waals surface area contributed by atoms with Crippen LogP contribution in [0.25, 0.3) is 0 Å². The average Bonchev–Trinajstić information content (AvgIpc) is 2.67. The summed E-state index contributed by atoms with van der Waals surface area (Å²) in [6, 6.07) is 3.58. The van der Waals surface area contributed by atoms with Gasteiger partial charge >= 0.3 is 5.97 Å². The van der Waals surface area contributed by atoms with Crippen LogP contribution in [0.5, 0.6) is 0 Å². The van der Waals surface area contributed by atoms with Gasteiger partial charge in [-0.3, -0.25) is 9.59 Å². The predicted molar refractivity (Wildman–Crippen MR) is 66.0 cm³/mol. The fourth-order valence-corrected chi connectivity index (χ4v) is 1.74. The first-order valence-corrected chi connectivity index (χ1v) is 5.85. The van der Waals surface area contributed by atoms with Crippen LogP contribution in [0.15, 0.2) is 22.8 Å². The molecule has 1 unspecified atom stereocenters. The van der Waals surface area contributed by atoms with Gasteiger partial charge in [-0.05, 0) is 17.5 Å². The Bertz CT molecular complexity index is 403. The third kappa shape index (κ3) is 3.91. The fourth-order valence-electron chi connectivity index (χ4n) is 1.74. The number of carbonyl (C=O) groups excluding carboxylic acids is 1. The highest BCUT2D eigenvalue weighted by atomic mass is 16.4. The molecule has 5 heteroatoms. The average molecular weight is 253 g/mol. The van der Waals surface area contributed by atoms with Crippen molar-refractivity contribution >= 4 is 11.9 Å². The topological polar surface area (TPSA) is 79.5 Å². The van der Waals surface area contributed by atoms with Crippen molar-refractivity contribution in [3.05, 3.63) is 24.2 Å². The maximum atomic E-state index is 11.8. The van der Waals surface area contributed by atoms with Crippen LogP contribution < -0.4 is 5.32 Å². The summed E-state index contributed by atoms with van der Waals surface area (Å²) >= 11 is 0. The van der Waals surface area contributed by atoms with Gasteiger partial charge in [0.2, 0.25) is 5.91 Å². The van der Waals surface area contributed by atoms with Crippen LogP contribution in [0.3, 0.4) is 0 Å². The summed E-state index contributed by atoms with van der Waals surface area (Å²) in [6.07, 6.45) is 2.11. The molecule has 0 aromatic carbocycles. The second-order valence-electron chi connectivity index (χ2n) is 5.26. The molecule has 0 fully saturated rings. The molecule has 1 amide bonds. The Morgan fingerprint density at radius 3 is 2.56 bits per heavy atom. The van der Waals surface area contributed by atoms with Gasteiger partial charge < -0.3 is 14.8 Å². The molecule has 0 spiro atoms. The normalized spacial score (nSPS) is 13.1. The van der Waals surface area contributed by atoms with Crippen LogP contribution in [-0.4, -0.2) is 23.5 Å². The number of furan rings is 1. The highest BCUT2D eigenvalue weighted by Gasteiger charge is 2.37. The van der Waals surface area contributed by atoms with E-state index in [4.69, 9.17) is 9.52 Å². The molecule has 0 aliphatic heterocycles. The number of hydrogen-bond donors (Lipinski definition) is 2. The minimum atomic E-state index is -1.10. The Balaban J connectivity index is 2.50. The van der Waals surface area contributed by atoms with Gasteiger partial charge in [-0.1, -0.05) is 20.8 Å². The first-order valence-electron chi connectivity index (χ1n) is 5.85. The summed E-state index contributed by atoms with van der Waals surface area (Å²) in [6.45, 7) is 5.57. The largest absolute Gasteiger partial charge is 0.481 e. The van der Waals surface area contributed by atoms with Gasteiger partial charge in [0.05, 0.1) is 6.26 Å². The molecule has 0 bridgehead atoms. The van der Waals surface area contributed by atoms with E-state index < -0.39 is 23.2 Å². The van der Waals surface area contributed by atoms with Crippen LogP contribution in [0.1, 0.15) is 26.5 Å². The van der Waals surface area contributed by atoms with E-state index in [1.807, 2.05) is 6.07 Å². The van der Waals surface area contributed by atoms with E-state index in [0.29, 0.717) is 13.0 Å². The summed E-state index contributed by atoms with van der Waals surface area (Å²) in [5, 5.41) is 11.7. The first kappa shape index (κ1) is 14.3. The van der Waals surface area contributed by atoms with Gasteiger partial charge in [0.25, 0.3) is 0 Å². The van der Waals surface area contributed by atoms with Crippen LogP contribution >= 0.6 is 0 Å². The van der Waals surface area contributed by atoms with Gasteiger partial charge in [-0.2, -0.15) is 0 Å². The molecule has 1 aromatic heterocycles. The minimum Gasteiger partial charge on any atom is -0.481 e. The minimum absolute atomic E-state index is 0.367. The molecule has 0 saturated carbocycles. The quantitative estimate of drug-likeness (QED) is 0.782. The molecule has 0 saturated heterocycles. The van der Waals surface area contributed by atoms with Crippen molar-refractivity contribution in [2.75, 3.05) is 6.54 Å². The van der Waals surface area contributed by atoms with E-state index >= 15 is 0 Å². The smallest absolute Gasteiger partial charge is 0.316 e. The second-order valence-corrected chi connectivity index (χ2v) is 5.26. The first-order chi connectivity index (χ1) is 8.32. The molecular weight excluding hydrogens is 234 g/mol. The lowest BCUT2D eigenvalue weighted by Gasteiger charge is -2.25. The standard InChI is InChI=1S/C13H19NO4/c1-13(2,3)10(12(16)17)11(15)14-7-6-9-5-4-8-18-9/h4-5,8,10H,6-7H2,1-3H3,(H,14,15)(H,16,17). The Labute approximate surface area is 106 Å². The van der Waals surface area contributed by atoms with Crippen molar-refractivity contribution in [3.8, 4) is 0 Å². The van der Waals surface area contributed by atoms with E-state index in [1.165, 1.54) is 0 Å².